The summed E-state index contributed by atoms with van der Waals surface area (Å²) in [5.74, 6) is 0.813. The van der Waals surface area contributed by atoms with Gasteiger partial charge in [-0.25, -0.2) is 9.78 Å². The summed E-state index contributed by atoms with van der Waals surface area (Å²) in [4.78, 5) is 21.2. The van der Waals surface area contributed by atoms with Crippen molar-refractivity contribution in [1.29, 1.82) is 0 Å². The second-order valence-electron chi connectivity index (χ2n) is 4.93. The molecule has 0 atom stereocenters. The molecule has 1 fully saturated rings. The molecule has 1 saturated heterocycles. The van der Waals surface area contributed by atoms with Crippen LogP contribution in [0.1, 0.15) is 43.6 Å². The number of aromatic nitrogens is 2. The molecule has 1 aliphatic heterocycles. The SMILES string of the molecule is Cc1cnc(CNC(=O)N2CCCCCCC2)[nH]1. The highest BCUT2D eigenvalue weighted by atomic mass is 16.2. The number of nitrogens with one attached hydrogen (secondary N) is 2. The highest BCUT2D eigenvalue weighted by Gasteiger charge is 2.14. The summed E-state index contributed by atoms with van der Waals surface area (Å²) in [6.07, 6.45) is 7.79. The first-order valence-corrected chi connectivity index (χ1v) is 6.79. The summed E-state index contributed by atoms with van der Waals surface area (Å²) in [5.41, 5.74) is 1.02. The van der Waals surface area contributed by atoms with Crippen LogP contribution in [0, 0.1) is 6.92 Å². The average Bonchev–Trinajstić information content (AvgIpc) is 2.72. The minimum absolute atomic E-state index is 0.0333. The lowest BCUT2D eigenvalue weighted by molar-refractivity contribution is 0.191. The largest absolute Gasteiger partial charge is 0.345 e. The fourth-order valence-corrected chi connectivity index (χ4v) is 2.28. The normalized spacial score (nSPS) is 17.1. The molecule has 0 aliphatic carbocycles. The van der Waals surface area contributed by atoms with E-state index in [1.807, 2.05) is 11.8 Å². The number of hydrogen-bond donors (Lipinski definition) is 2. The first-order valence-electron chi connectivity index (χ1n) is 6.79. The molecule has 1 aromatic rings. The zero-order valence-electron chi connectivity index (χ0n) is 11.0. The van der Waals surface area contributed by atoms with Gasteiger partial charge in [-0.15, -0.1) is 0 Å². The van der Waals surface area contributed by atoms with E-state index in [0.29, 0.717) is 6.54 Å². The summed E-state index contributed by atoms with van der Waals surface area (Å²) in [6.45, 7) is 4.19. The van der Waals surface area contributed by atoms with E-state index in [9.17, 15) is 4.79 Å². The van der Waals surface area contributed by atoms with Crippen molar-refractivity contribution in [2.75, 3.05) is 13.1 Å². The monoisotopic (exact) mass is 250 g/mol. The molecule has 0 aromatic carbocycles. The fraction of sp³-hybridized carbons (Fsp3) is 0.692. The van der Waals surface area contributed by atoms with Crippen molar-refractivity contribution in [3.05, 3.63) is 17.7 Å². The summed E-state index contributed by atoms with van der Waals surface area (Å²) >= 11 is 0. The molecule has 0 radical (unpaired) electrons. The number of rotatable bonds is 2. The number of likely N-dealkylation sites (tertiary alicyclic amines) is 1. The van der Waals surface area contributed by atoms with Gasteiger partial charge in [0.1, 0.15) is 5.82 Å². The molecule has 5 heteroatoms. The molecular weight excluding hydrogens is 228 g/mol. The lowest BCUT2D eigenvalue weighted by Crippen LogP contribution is -2.41. The molecule has 5 nitrogen and oxygen atoms in total. The molecule has 0 saturated carbocycles. The number of aryl methyl sites for hydroxylation is 1. The maximum Gasteiger partial charge on any atom is 0.317 e. The van der Waals surface area contributed by atoms with Gasteiger partial charge in [-0.1, -0.05) is 19.3 Å². The van der Waals surface area contributed by atoms with E-state index < -0.39 is 0 Å². The highest BCUT2D eigenvalue weighted by Crippen LogP contribution is 2.10. The molecule has 2 rings (SSSR count). The second kappa shape index (κ2) is 6.42. The van der Waals surface area contributed by atoms with Crippen LogP contribution < -0.4 is 5.32 Å². The molecule has 2 N–H and O–H groups in total. The lowest BCUT2D eigenvalue weighted by Gasteiger charge is -2.24. The van der Waals surface area contributed by atoms with Crippen molar-refractivity contribution in [1.82, 2.24) is 20.2 Å². The van der Waals surface area contributed by atoms with E-state index in [-0.39, 0.29) is 6.03 Å². The maximum absolute atomic E-state index is 12.0. The first-order chi connectivity index (χ1) is 8.75. The van der Waals surface area contributed by atoms with E-state index in [1.165, 1.54) is 19.3 Å². The standard InChI is InChI=1S/C13H22N4O/c1-11-9-14-12(16-11)10-15-13(18)17-7-5-3-2-4-6-8-17/h9H,2-8,10H2,1H3,(H,14,16)(H,15,18). The van der Waals surface area contributed by atoms with Gasteiger partial charge in [0.25, 0.3) is 0 Å². The summed E-state index contributed by atoms with van der Waals surface area (Å²) in [7, 11) is 0. The fourth-order valence-electron chi connectivity index (χ4n) is 2.28. The van der Waals surface area contributed by atoms with Gasteiger partial charge in [-0.2, -0.15) is 0 Å². The third kappa shape index (κ3) is 3.75. The third-order valence-electron chi connectivity index (χ3n) is 3.31. The van der Waals surface area contributed by atoms with Crippen molar-refractivity contribution >= 4 is 6.03 Å². The number of H-pyrrole nitrogens is 1. The van der Waals surface area contributed by atoms with Gasteiger partial charge in [0.2, 0.25) is 0 Å². The molecule has 2 heterocycles. The van der Waals surface area contributed by atoms with E-state index in [0.717, 1.165) is 37.4 Å². The Balaban J connectivity index is 1.79. The predicted octanol–water partition coefficient (Wildman–Crippen LogP) is 2.19. The molecule has 2 amide bonds. The average molecular weight is 250 g/mol. The zero-order valence-corrected chi connectivity index (χ0v) is 11.0. The van der Waals surface area contributed by atoms with Crippen molar-refractivity contribution in [2.24, 2.45) is 0 Å². The number of carbonyl (C=O) groups excluding carboxylic acids is 1. The Labute approximate surface area is 108 Å². The van der Waals surface area contributed by atoms with Crippen LogP contribution in [0.2, 0.25) is 0 Å². The molecule has 0 unspecified atom stereocenters. The number of imidazole rings is 1. The number of hydrogen-bond acceptors (Lipinski definition) is 2. The quantitative estimate of drug-likeness (QED) is 0.845. The van der Waals surface area contributed by atoms with Crippen LogP contribution >= 0.6 is 0 Å². The Morgan fingerprint density at radius 2 is 2.00 bits per heavy atom. The number of amides is 2. The van der Waals surface area contributed by atoms with Crippen molar-refractivity contribution in [3.63, 3.8) is 0 Å². The minimum Gasteiger partial charge on any atom is -0.345 e. The van der Waals surface area contributed by atoms with Crippen LogP contribution in [-0.2, 0) is 6.54 Å². The van der Waals surface area contributed by atoms with Gasteiger partial charge >= 0.3 is 6.03 Å². The molecule has 1 aliphatic rings. The Kier molecular flexibility index (Phi) is 4.61. The van der Waals surface area contributed by atoms with Gasteiger partial charge in [0, 0.05) is 25.0 Å². The number of urea groups is 1. The maximum atomic E-state index is 12.0. The summed E-state index contributed by atoms with van der Waals surface area (Å²) < 4.78 is 0. The molecule has 1 aromatic heterocycles. The van der Waals surface area contributed by atoms with Crippen LogP contribution in [0.15, 0.2) is 6.20 Å². The van der Waals surface area contributed by atoms with Crippen molar-refractivity contribution < 1.29 is 4.79 Å². The number of nitrogens with zero attached hydrogens (tertiary/aromatic N) is 2. The van der Waals surface area contributed by atoms with Crippen LogP contribution in [0.3, 0.4) is 0 Å². The molecule has 18 heavy (non-hydrogen) atoms. The first kappa shape index (κ1) is 12.9. The van der Waals surface area contributed by atoms with Gasteiger partial charge in [-0.3, -0.25) is 0 Å². The van der Waals surface area contributed by atoms with Gasteiger partial charge < -0.3 is 15.2 Å². The Hall–Kier alpha value is -1.52. The number of carbonyl (C=O) groups is 1. The number of aromatic amines is 1. The molecule has 0 bridgehead atoms. The molecular formula is C13H22N4O. The Bertz CT molecular complexity index is 380. The van der Waals surface area contributed by atoms with E-state index >= 15 is 0 Å². The summed E-state index contributed by atoms with van der Waals surface area (Å²) in [6, 6.07) is 0.0333. The van der Waals surface area contributed by atoms with Crippen molar-refractivity contribution in [2.45, 2.75) is 45.6 Å². The Morgan fingerprint density at radius 1 is 1.33 bits per heavy atom. The summed E-state index contributed by atoms with van der Waals surface area (Å²) in [5, 5.41) is 2.92. The smallest absolute Gasteiger partial charge is 0.317 e. The van der Waals surface area contributed by atoms with E-state index in [1.54, 1.807) is 6.20 Å². The van der Waals surface area contributed by atoms with Crippen LogP contribution in [0.25, 0.3) is 0 Å². The third-order valence-corrected chi connectivity index (χ3v) is 3.31. The van der Waals surface area contributed by atoms with E-state index in [2.05, 4.69) is 15.3 Å². The topological polar surface area (TPSA) is 61.0 Å². The van der Waals surface area contributed by atoms with Gasteiger partial charge in [-0.05, 0) is 19.8 Å². The second-order valence-corrected chi connectivity index (χ2v) is 4.93. The van der Waals surface area contributed by atoms with Gasteiger partial charge in [0.15, 0.2) is 0 Å². The van der Waals surface area contributed by atoms with Gasteiger partial charge in [0.05, 0.1) is 6.54 Å². The van der Waals surface area contributed by atoms with E-state index in [4.69, 9.17) is 0 Å². The van der Waals surface area contributed by atoms with Crippen LogP contribution in [0.5, 0.6) is 0 Å². The molecule has 0 spiro atoms. The van der Waals surface area contributed by atoms with Crippen LogP contribution in [-0.4, -0.2) is 34.0 Å². The molecule has 100 valence electrons. The Morgan fingerprint density at radius 3 is 2.61 bits per heavy atom. The van der Waals surface area contributed by atoms with Crippen LogP contribution in [0.4, 0.5) is 4.79 Å². The predicted molar refractivity (Wildman–Crippen MR) is 70.2 cm³/mol. The lowest BCUT2D eigenvalue weighted by atomic mass is 10.1. The van der Waals surface area contributed by atoms with Crippen molar-refractivity contribution in [3.8, 4) is 0 Å². The minimum atomic E-state index is 0.0333. The highest BCUT2D eigenvalue weighted by molar-refractivity contribution is 5.74. The zero-order chi connectivity index (χ0) is 12.8.